The number of hydrogen-bond donors (Lipinski definition) is 3. The van der Waals surface area contributed by atoms with Crippen LogP contribution in [0.15, 0.2) is 82.1 Å². The summed E-state index contributed by atoms with van der Waals surface area (Å²) >= 11 is 5.24. The molecule has 0 unspecified atom stereocenters. The van der Waals surface area contributed by atoms with E-state index >= 15 is 0 Å². The fraction of sp³-hybridized carbons (Fsp3) is 0.0909. The van der Waals surface area contributed by atoms with Crippen molar-refractivity contribution in [2.45, 2.75) is 6.92 Å². The third-order valence-electron chi connectivity index (χ3n) is 3.99. The summed E-state index contributed by atoms with van der Waals surface area (Å²) in [6, 6.07) is 20.4. The number of anilines is 1. The van der Waals surface area contributed by atoms with E-state index in [-0.39, 0.29) is 11.5 Å². The molecule has 0 amide bonds. The van der Waals surface area contributed by atoms with Gasteiger partial charge >= 0.3 is 0 Å². The number of ether oxygens (including phenoxy) is 1. The second-order valence-corrected chi connectivity index (χ2v) is 6.72. The lowest BCUT2D eigenvalue weighted by Crippen LogP contribution is -2.23. The summed E-state index contributed by atoms with van der Waals surface area (Å²) in [5.74, 6) is 0.209. The molecule has 0 saturated carbocycles. The molecule has 0 aliphatic heterocycles. The molecule has 0 saturated heterocycles. The topological polar surface area (TPSA) is 90.6 Å². The summed E-state index contributed by atoms with van der Waals surface area (Å²) in [6.07, 6.45) is 1.43. The van der Waals surface area contributed by atoms with Gasteiger partial charge in [0.1, 0.15) is 0 Å². The van der Waals surface area contributed by atoms with Gasteiger partial charge in [0.25, 0.3) is 0 Å². The first-order chi connectivity index (χ1) is 14.5. The minimum Gasteiger partial charge on any atom is -0.504 e. The number of nitrogens with one attached hydrogen (secondary N) is 2. The normalized spacial score (nSPS) is 11.0. The molecule has 0 aliphatic carbocycles. The number of nitrogens with zero attached hydrogens (tertiary/aromatic N) is 3. The molecular formula is C22H21N5O2S. The fourth-order valence-corrected chi connectivity index (χ4v) is 2.75. The summed E-state index contributed by atoms with van der Waals surface area (Å²) in [5.41, 5.74) is 6.33. The van der Waals surface area contributed by atoms with Crippen molar-refractivity contribution in [1.82, 2.24) is 5.43 Å². The highest BCUT2D eigenvalue weighted by molar-refractivity contribution is 7.80. The summed E-state index contributed by atoms with van der Waals surface area (Å²) in [7, 11) is 1.47. The molecule has 3 rings (SSSR count). The van der Waals surface area contributed by atoms with Gasteiger partial charge in [0, 0.05) is 17.3 Å². The Morgan fingerprint density at radius 1 is 1.00 bits per heavy atom. The maximum absolute atomic E-state index is 10.4. The van der Waals surface area contributed by atoms with Crippen LogP contribution in [0.2, 0.25) is 0 Å². The van der Waals surface area contributed by atoms with E-state index in [2.05, 4.69) is 26.1 Å². The zero-order valence-corrected chi connectivity index (χ0v) is 17.4. The standard InChI is InChI=1S/C22H21N5O2S/c1-15-7-6-10-18(11-15)24-22(30)27-23-14-16-12-19(13-20(29-2)21(16)28)26-25-17-8-4-3-5-9-17/h3-14,28H,1-2H3,(H2,24,27,30)/b23-14+,26-25?. The molecule has 0 aromatic heterocycles. The van der Waals surface area contributed by atoms with Gasteiger partial charge in [-0.1, -0.05) is 30.3 Å². The van der Waals surface area contributed by atoms with Crippen molar-refractivity contribution in [2.24, 2.45) is 15.3 Å². The number of aryl methyl sites for hydroxylation is 1. The Kier molecular flexibility index (Phi) is 7.07. The molecule has 152 valence electrons. The molecule has 0 spiro atoms. The van der Waals surface area contributed by atoms with Crippen LogP contribution in [-0.2, 0) is 0 Å². The number of rotatable bonds is 6. The van der Waals surface area contributed by atoms with Gasteiger partial charge in [-0.2, -0.15) is 15.3 Å². The number of hydrogen-bond acceptors (Lipinski definition) is 6. The molecule has 3 N–H and O–H groups in total. The smallest absolute Gasteiger partial charge is 0.191 e. The van der Waals surface area contributed by atoms with Crippen molar-refractivity contribution in [2.75, 3.05) is 12.4 Å². The second-order valence-electron chi connectivity index (χ2n) is 6.32. The van der Waals surface area contributed by atoms with Crippen molar-refractivity contribution in [3.63, 3.8) is 0 Å². The molecule has 0 heterocycles. The highest BCUT2D eigenvalue weighted by Gasteiger charge is 2.09. The van der Waals surface area contributed by atoms with E-state index in [1.54, 1.807) is 12.1 Å². The lowest BCUT2D eigenvalue weighted by molar-refractivity contribution is 0.373. The van der Waals surface area contributed by atoms with Crippen LogP contribution in [0.5, 0.6) is 11.5 Å². The van der Waals surface area contributed by atoms with Gasteiger partial charge in [0.2, 0.25) is 0 Å². The SMILES string of the molecule is COc1cc(N=Nc2ccccc2)cc(/C=N/NC(=S)Nc2cccc(C)c2)c1O. The van der Waals surface area contributed by atoms with Gasteiger partial charge < -0.3 is 15.2 Å². The highest BCUT2D eigenvalue weighted by Crippen LogP contribution is 2.34. The Morgan fingerprint density at radius 2 is 1.77 bits per heavy atom. The van der Waals surface area contributed by atoms with Crippen molar-refractivity contribution in [3.05, 3.63) is 77.9 Å². The van der Waals surface area contributed by atoms with Crippen molar-refractivity contribution < 1.29 is 9.84 Å². The molecule has 8 heteroatoms. The van der Waals surface area contributed by atoms with E-state index in [9.17, 15) is 5.11 Å². The number of phenols is 1. The van der Waals surface area contributed by atoms with Crippen LogP contribution in [0.4, 0.5) is 17.1 Å². The Labute approximate surface area is 180 Å². The predicted octanol–water partition coefficient (Wildman–Crippen LogP) is 5.45. The number of thiocarbonyl (C=S) groups is 1. The van der Waals surface area contributed by atoms with Gasteiger partial charge in [-0.15, -0.1) is 0 Å². The zero-order valence-electron chi connectivity index (χ0n) is 16.5. The summed E-state index contributed by atoms with van der Waals surface area (Å²) in [5, 5.41) is 26.2. The van der Waals surface area contributed by atoms with Gasteiger partial charge in [0.05, 0.1) is 24.7 Å². The lowest BCUT2D eigenvalue weighted by atomic mass is 10.2. The number of aromatic hydroxyl groups is 1. The average molecular weight is 420 g/mol. The van der Waals surface area contributed by atoms with E-state index in [4.69, 9.17) is 17.0 Å². The molecule has 0 aliphatic rings. The van der Waals surface area contributed by atoms with Gasteiger partial charge in [-0.3, -0.25) is 5.43 Å². The minimum absolute atomic E-state index is 0.0562. The molecule has 3 aromatic carbocycles. The average Bonchev–Trinajstić information content (AvgIpc) is 2.74. The van der Waals surface area contributed by atoms with Crippen LogP contribution < -0.4 is 15.5 Å². The van der Waals surface area contributed by atoms with E-state index < -0.39 is 0 Å². The van der Waals surface area contributed by atoms with Gasteiger partial charge in [-0.25, -0.2) is 0 Å². The monoisotopic (exact) mass is 419 g/mol. The maximum Gasteiger partial charge on any atom is 0.191 e. The molecular weight excluding hydrogens is 398 g/mol. The van der Waals surface area contributed by atoms with E-state index in [0.717, 1.165) is 11.3 Å². The molecule has 0 bridgehead atoms. The first-order valence-corrected chi connectivity index (χ1v) is 9.50. The van der Waals surface area contributed by atoms with Crippen molar-refractivity contribution in [1.29, 1.82) is 0 Å². The molecule has 7 nitrogen and oxygen atoms in total. The Morgan fingerprint density at radius 3 is 2.50 bits per heavy atom. The van der Waals surface area contributed by atoms with Crippen LogP contribution in [-0.4, -0.2) is 23.5 Å². The fourth-order valence-electron chi connectivity index (χ4n) is 2.58. The Bertz CT molecular complexity index is 1080. The number of azo groups is 1. The summed E-state index contributed by atoms with van der Waals surface area (Å²) in [6.45, 7) is 2.00. The predicted molar refractivity (Wildman–Crippen MR) is 123 cm³/mol. The molecule has 3 aromatic rings. The quantitative estimate of drug-likeness (QED) is 0.214. The van der Waals surface area contributed by atoms with E-state index in [1.807, 2.05) is 61.5 Å². The largest absolute Gasteiger partial charge is 0.504 e. The van der Waals surface area contributed by atoms with Crippen molar-refractivity contribution >= 4 is 40.6 Å². The van der Waals surface area contributed by atoms with E-state index in [1.165, 1.54) is 13.3 Å². The Balaban J connectivity index is 1.72. The lowest BCUT2D eigenvalue weighted by Gasteiger charge is -2.09. The van der Waals surface area contributed by atoms with Crippen LogP contribution in [0.1, 0.15) is 11.1 Å². The zero-order chi connectivity index (χ0) is 21.3. The summed E-state index contributed by atoms with van der Waals surface area (Å²) < 4.78 is 5.22. The minimum atomic E-state index is -0.0562. The molecule has 0 radical (unpaired) electrons. The maximum atomic E-state index is 10.4. The molecule has 0 fully saturated rings. The Hall–Kier alpha value is -3.78. The summed E-state index contributed by atoms with van der Waals surface area (Å²) in [4.78, 5) is 0. The van der Waals surface area contributed by atoms with Gasteiger partial charge in [-0.05, 0) is 55.0 Å². The van der Waals surface area contributed by atoms with E-state index in [0.29, 0.717) is 22.1 Å². The number of methoxy groups -OCH3 is 1. The van der Waals surface area contributed by atoms with Crippen LogP contribution >= 0.6 is 12.2 Å². The van der Waals surface area contributed by atoms with Crippen molar-refractivity contribution in [3.8, 4) is 11.5 Å². The third kappa shape index (κ3) is 5.86. The van der Waals surface area contributed by atoms with Crippen LogP contribution in [0.25, 0.3) is 0 Å². The number of phenolic OH excluding ortho intramolecular Hbond substituents is 1. The first-order valence-electron chi connectivity index (χ1n) is 9.09. The number of benzene rings is 3. The van der Waals surface area contributed by atoms with Crippen LogP contribution in [0.3, 0.4) is 0 Å². The first kappa shape index (κ1) is 20.9. The second kappa shape index (κ2) is 10.1. The molecule has 0 atom stereocenters. The third-order valence-corrected chi connectivity index (χ3v) is 4.19. The highest BCUT2D eigenvalue weighted by atomic mass is 32.1. The number of hydrazone groups is 1. The van der Waals surface area contributed by atoms with Crippen LogP contribution in [0, 0.1) is 6.92 Å². The molecule has 30 heavy (non-hydrogen) atoms. The van der Waals surface area contributed by atoms with Gasteiger partial charge in [0.15, 0.2) is 16.6 Å².